The zero-order chi connectivity index (χ0) is 13.2. The number of carbonyl (C=O) groups excluding carboxylic acids is 1. The number of rotatable bonds is 5. The highest BCUT2D eigenvalue weighted by atomic mass is 16.5. The first kappa shape index (κ1) is 12.4. The lowest BCUT2D eigenvalue weighted by Gasteiger charge is -2.15. The summed E-state index contributed by atoms with van der Waals surface area (Å²) in [6, 6.07) is 14.0. The van der Waals surface area contributed by atoms with Crippen molar-refractivity contribution in [2.24, 2.45) is 5.92 Å². The van der Waals surface area contributed by atoms with Crippen LogP contribution in [0, 0.1) is 5.92 Å². The number of hydrogen-bond acceptors (Lipinski definition) is 2. The Bertz CT molecular complexity index is 599. The maximum atomic E-state index is 12.5. The van der Waals surface area contributed by atoms with E-state index in [1.54, 1.807) is 0 Å². The Morgan fingerprint density at radius 3 is 2.63 bits per heavy atom. The van der Waals surface area contributed by atoms with Crippen LogP contribution in [0.25, 0.3) is 10.8 Å². The lowest BCUT2D eigenvalue weighted by Crippen LogP contribution is -2.26. The van der Waals surface area contributed by atoms with Crippen molar-refractivity contribution < 1.29 is 9.53 Å². The van der Waals surface area contributed by atoms with Crippen LogP contribution in [-0.4, -0.2) is 18.5 Å². The fourth-order valence-electron chi connectivity index (χ4n) is 2.51. The van der Waals surface area contributed by atoms with E-state index in [1.165, 1.54) is 5.39 Å². The standard InChI is InChI=1S/C17H18O2/c1-2-19-17(13-8-9-13)16(18)15-10-7-12-5-3-4-6-14(12)11-15/h3-7,10-11,13,17H,2,8-9H2,1H3. The van der Waals surface area contributed by atoms with Gasteiger partial charge in [0.2, 0.25) is 0 Å². The Morgan fingerprint density at radius 2 is 1.95 bits per heavy atom. The van der Waals surface area contributed by atoms with E-state index in [2.05, 4.69) is 6.07 Å². The van der Waals surface area contributed by atoms with Crippen LogP contribution in [0.2, 0.25) is 0 Å². The molecule has 0 amide bonds. The molecule has 0 aliphatic heterocycles. The fraction of sp³-hybridized carbons (Fsp3) is 0.353. The molecular weight excluding hydrogens is 236 g/mol. The second-order valence-corrected chi connectivity index (χ2v) is 5.14. The van der Waals surface area contributed by atoms with Gasteiger partial charge in [0, 0.05) is 12.2 Å². The van der Waals surface area contributed by atoms with Gasteiger partial charge in [0.15, 0.2) is 5.78 Å². The van der Waals surface area contributed by atoms with E-state index in [1.807, 2.05) is 43.3 Å². The molecule has 0 spiro atoms. The molecule has 1 fully saturated rings. The summed E-state index contributed by atoms with van der Waals surface area (Å²) in [7, 11) is 0. The summed E-state index contributed by atoms with van der Waals surface area (Å²) < 4.78 is 5.64. The highest BCUT2D eigenvalue weighted by molar-refractivity contribution is 6.02. The molecular formula is C17H18O2. The first-order valence-electron chi connectivity index (χ1n) is 6.94. The Kier molecular flexibility index (Phi) is 3.34. The maximum absolute atomic E-state index is 12.5. The molecule has 0 radical (unpaired) electrons. The van der Waals surface area contributed by atoms with Crippen molar-refractivity contribution in [1.29, 1.82) is 0 Å². The van der Waals surface area contributed by atoms with Gasteiger partial charge in [0.05, 0.1) is 0 Å². The SMILES string of the molecule is CCOC(C(=O)c1ccc2ccccc2c1)C1CC1. The smallest absolute Gasteiger partial charge is 0.191 e. The first-order valence-corrected chi connectivity index (χ1v) is 6.94. The molecule has 1 aliphatic rings. The van der Waals surface area contributed by atoms with E-state index in [0.717, 1.165) is 23.8 Å². The minimum absolute atomic E-state index is 0.134. The van der Waals surface area contributed by atoms with Gasteiger partial charge in [-0.05, 0) is 42.5 Å². The van der Waals surface area contributed by atoms with Crippen molar-refractivity contribution in [3.8, 4) is 0 Å². The van der Waals surface area contributed by atoms with Crippen LogP contribution >= 0.6 is 0 Å². The van der Waals surface area contributed by atoms with Crippen molar-refractivity contribution >= 4 is 16.6 Å². The molecule has 2 aromatic carbocycles. The molecule has 0 N–H and O–H groups in total. The quantitative estimate of drug-likeness (QED) is 0.758. The second-order valence-electron chi connectivity index (χ2n) is 5.14. The molecule has 0 saturated heterocycles. The minimum Gasteiger partial charge on any atom is -0.370 e. The molecule has 2 heteroatoms. The number of carbonyl (C=O) groups is 1. The molecule has 1 saturated carbocycles. The Morgan fingerprint density at radius 1 is 1.21 bits per heavy atom. The predicted octanol–water partition coefficient (Wildman–Crippen LogP) is 3.84. The van der Waals surface area contributed by atoms with Gasteiger partial charge in [0.1, 0.15) is 6.10 Å². The Labute approximate surface area is 113 Å². The van der Waals surface area contributed by atoms with E-state index in [0.29, 0.717) is 12.5 Å². The first-order chi connectivity index (χ1) is 9.29. The number of benzene rings is 2. The van der Waals surface area contributed by atoms with E-state index in [9.17, 15) is 4.79 Å². The van der Waals surface area contributed by atoms with Gasteiger partial charge in [-0.3, -0.25) is 4.79 Å². The molecule has 0 bridgehead atoms. The van der Waals surface area contributed by atoms with Gasteiger partial charge in [0.25, 0.3) is 0 Å². The van der Waals surface area contributed by atoms with Gasteiger partial charge in [-0.1, -0.05) is 36.4 Å². The summed E-state index contributed by atoms with van der Waals surface area (Å²) in [5, 5.41) is 2.28. The maximum Gasteiger partial charge on any atom is 0.191 e. The summed E-state index contributed by atoms with van der Waals surface area (Å²) in [5.41, 5.74) is 0.768. The fourth-order valence-corrected chi connectivity index (χ4v) is 2.51. The molecule has 19 heavy (non-hydrogen) atoms. The van der Waals surface area contributed by atoms with Crippen molar-refractivity contribution in [3.63, 3.8) is 0 Å². The average molecular weight is 254 g/mol. The second kappa shape index (κ2) is 5.14. The topological polar surface area (TPSA) is 26.3 Å². The molecule has 2 aromatic rings. The zero-order valence-corrected chi connectivity index (χ0v) is 11.1. The van der Waals surface area contributed by atoms with E-state index in [-0.39, 0.29) is 11.9 Å². The highest BCUT2D eigenvalue weighted by Gasteiger charge is 2.37. The van der Waals surface area contributed by atoms with E-state index < -0.39 is 0 Å². The van der Waals surface area contributed by atoms with Gasteiger partial charge in [-0.25, -0.2) is 0 Å². The van der Waals surface area contributed by atoms with Crippen molar-refractivity contribution in [1.82, 2.24) is 0 Å². The third-order valence-corrected chi connectivity index (χ3v) is 3.69. The molecule has 0 aromatic heterocycles. The van der Waals surface area contributed by atoms with Crippen LogP contribution in [0.3, 0.4) is 0 Å². The average Bonchev–Trinajstić information content (AvgIpc) is 3.28. The van der Waals surface area contributed by atoms with Crippen molar-refractivity contribution in [2.45, 2.75) is 25.9 Å². The Hall–Kier alpha value is -1.67. The van der Waals surface area contributed by atoms with Gasteiger partial charge in [-0.15, -0.1) is 0 Å². The van der Waals surface area contributed by atoms with Crippen molar-refractivity contribution in [3.05, 3.63) is 48.0 Å². The van der Waals surface area contributed by atoms with Crippen LogP contribution in [0.1, 0.15) is 30.1 Å². The number of fused-ring (bicyclic) bond motifs is 1. The summed E-state index contributed by atoms with van der Waals surface area (Å²) >= 11 is 0. The lowest BCUT2D eigenvalue weighted by molar-refractivity contribution is 0.0375. The van der Waals surface area contributed by atoms with Crippen LogP contribution in [0.5, 0.6) is 0 Å². The van der Waals surface area contributed by atoms with Crippen LogP contribution < -0.4 is 0 Å². The highest BCUT2D eigenvalue weighted by Crippen LogP contribution is 2.36. The number of Topliss-reactive ketones (excluding diaryl/α,β-unsaturated/α-hetero) is 1. The molecule has 1 aliphatic carbocycles. The third kappa shape index (κ3) is 2.54. The molecule has 2 nitrogen and oxygen atoms in total. The van der Waals surface area contributed by atoms with E-state index in [4.69, 9.17) is 4.74 Å². The van der Waals surface area contributed by atoms with Gasteiger partial charge >= 0.3 is 0 Å². The summed E-state index contributed by atoms with van der Waals surface area (Å²) in [6.07, 6.45) is 1.99. The lowest BCUT2D eigenvalue weighted by atomic mass is 9.99. The van der Waals surface area contributed by atoms with Gasteiger partial charge < -0.3 is 4.74 Å². The summed E-state index contributed by atoms with van der Waals surface area (Å²) in [6.45, 7) is 2.55. The molecule has 3 rings (SSSR count). The third-order valence-electron chi connectivity index (χ3n) is 3.69. The largest absolute Gasteiger partial charge is 0.370 e. The monoisotopic (exact) mass is 254 g/mol. The van der Waals surface area contributed by atoms with E-state index >= 15 is 0 Å². The summed E-state index contributed by atoms with van der Waals surface area (Å²) in [5.74, 6) is 0.564. The number of ketones is 1. The molecule has 1 atom stereocenters. The zero-order valence-electron chi connectivity index (χ0n) is 11.1. The van der Waals surface area contributed by atoms with Gasteiger partial charge in [-0.2, -0.15) is 0 Å². The molecule has 1 unspecified atom stereocenters. The molecule has 98 valence electrons. The molecule has 0 heterocycles. The van der Waals surface area contributed by atoms with Crippen molar-refractivity contribution in [2.75, 3.05) is 6.61 Å². The number of ether oxygens (including phenoxy) is 1. The summed E-state index contributed by atoms with van der Waals surface area (Å²) in [4.78, 5) is 12.5. The van der Waals surface area contributed by atoms with Crippen LogP contribution in [-0.2, 0) is 4.74 Å². The van der Waals surface area contributed by atoms with Crippen LogP contribution in [0.4, 0.5) is 0 Å². The van der Waals surface area contributed by atoms with Crippen LogP contribution in [0.15, 0.2) is 42.5 Å². The minimum atomic E-state index is -0.244. The predicted molar refractivity (Wildman–Crippen MR) is 76.4 cm³/mol. The Balaban J connectivity index is 1.91. The number of hydrogen-bond donors (Lipinski definition) is 0. The normalized spacial score (nSPS) is 16.5.